The molecule has 0 fully saturated rings. The summed E-state index contributed by atoms with van der Waals surface area (Å²) in [5.41, 5.74) is 0.447. The van der Waals surface area contributed by atoms with Gasteiger partial charge in [-0.15, -0.1) is 0 Å². The van der Waals surface area contributed by atoms with Crippen LogP contribution < -0.4 is 14.2 Å². The van der Waals surface area contributed by atoms with Gasteiger partial charge in [0.25, 0.3) is 0 Å². The lowest BCUT2D eigenvalue weighted by molar-refractivity contribution is -0.126. The summed E-state index contributed by atoms with van der Waals surface area (Å²) in [6.45, 7) is 10.0. The summed E-state index contributed by atoms with van der Waals surface area (Å²) in [5.74, 6) is 0.997. The van der Waals surface area contributed by atoms with Crippen LogP contribution in [0.5, 0.6) is 17.2 Å². The number of carbonyl (C=O) groups excluding carboxylic acids is 3. The molecule has 0 saturated heterocycles. The highest BCUT2D eigenvalue weighted by molar-refractivity contribution is 6.06. The molecule has 2 unspecified atom stereocenters. The first-order valence-electron chi connectivity index (χ1n) is 22.0. The second-order valence-corrected chi connectivity index (χ2v) is 15.6. The number of ether oxygens (including phenoxy) is 3. The van der Waals surface area contributed by atoms with Crippen LogP contribution >= 0.6 is 0 Å². The lowest BCUT2D eigenvalue weighted by Crippen LogP contribution is -2.41. The molecule has 3 aromatic carbocycles. The summed E-state index contributed by atoms with van der Waals surface area (Å²) in [4.78, 5) is 40.9. The molecule has 2 atom stereocenters. The van der Waals surface area contributed by atoms with Crippen LogP contribution in [0, 0.1) is 0 Å². The SMILES string of the molecule is CCCCCCCCCCCCOc1ccc(C([C]=O)(Cc2ccc(OCCCCCCC)cc2)C(=O)CC(C(C)=O)c2ccc(OCCCCC)cc2)cc1. The number of hydrogen-bond acceptors (Lipinski definition) is 6. The molecule has 0 aliphatic heterocycles. The van der Waals surface area contributed by atoms with Gasteiger partial charge in [0, 0.05) is 12.3 Å². The minimum absolute atomic E-state index is 0.112. The third-order valence-corrected chi connectivity index (χ3v) is 10.9. The summed E-state index contributed by atoms with van der Waals surface area (Å²) in [6, 6.07) is 22.3. The lowest BCUT2D eigenvalue weighted by Gasteiger charge is -2.29. The van der Waals surface area contributed by atoms with Crippen LogP contribution in [0.3, 0.4) is 0 Å². The van der Waals surface area contributed by atoms with Crippen molar-refractivity contribution < 1.29 is 28.6 Å². The zero-order valence-electron chi connectivity index (χ0n) is 35.2. The number of ketones is 2. The molecule has 3 rings (SSSR count). The zero-order valence-corrected chi connectivity index (χ0v) is 35.2. The van der Waals surface area contributed by atoms with Gasteiger partial charge in [0.1, 0.15) is 28.4 Å². The Hall–Kier alpha value is -3.93. The van der Waals surface area contributed by atoms with E-state index in [-0.39, 0.29) is 24.4 Å². The topological polar surface area (TPSA) is 78.9 Å². The Morgan fingerprint density at radius 2 is 0.911 bits per heavy atom. The maximum atomic E-state index is 14.5. The first-order valence-corrected chi connectivity index (χ1v) is 22.0. The fourth-order valence-corrected chi connectivity index (χ4v) is 7.23. The standard InChI is InChI=1S/C50H71O6/c1-5-8-11-13-14-15-16-17-19-22-37-56-47-33-27-44(28-34-47)50(40-51,39-42-23-29-45(30-24-42)55-36-21-18-12-9-6-2)49(53)38-48(41(4)52)43-25-31-46(32-26-43)54-35-20-10-7-3/h23-34,48H,5-22,35-39H2,1-4H3. The van der Waals surface area contributed by atoms with Crippen molar-refractivity contribution >= 4 is 17.9 Å². The van der Waals surface area contributed by atoms with Crippen LogP contribution in [0.25, 0.3) is 0 Å². The Morgan fingerprint density at radius 3 is 1.34 bits per heavy atom. The predicted molar refractivity (Wildman–Crippen MR) is 230 cm³/mol. The molecule has 0 aliphatic rings. The second-order valence-electron chi connectivity index (χ2n) is 15.6. The van der Waals surface area contributed by atoms with Gasteiger partial charge in [0.2, 0.25) is 6.29 Å². The van der Waals surface area contributed by atoms with Gasteiger partial charge in [-0.1, -0.05) is 153 Å². The molecule has 0 spiro atoms. The van der Waals surface area contributed by atoms with Crippen molar-refractivity contribution in [3.05, 3.63) is 89.5 Å². The maximum absolute atomic E-state index is 14.5. The zero-order chi connectivity index (χ0) is 40.3. The van der Waals surface area contributed by atoms with E-state index < -0.39 is 11.3 Å². The molecule has 56 heavy (non-hydrogen) atoms. The molecule has 6 heteroatoms. The minimum Gasteiger partial charge on any atom is -0.494 e. The molecule has 0 N–H and O–H groups in total. The number of carbonyl (C=O) groups is 2. The summed E-state index contributed by atoms with van der Waals surface area (Å²) in [6.07, 6.45) is 23.8. The average molecular weight is 768 g/mol. The van der Waals surface area contributed by atoms with Crippen molar-refractivity contribution in [2.75, 3.05) is 19.8 Å². The van der Waals surface area contributed by atoms with Crippen molar-refractivity contribution in [1.29, 1.82) is 0 Å². The van der Waals surface area contributed by atoms with Crippen LogP contribution in [0.2, 0.25) is 0 Å². The predicted octanol–water partition coefficient (Wildman–Crippen LogP) is 12.8. The third kappa shape index (κ3) is 16.7. The van der Waals surface area contributed by atoms with Crippen molar-refractivity contribution in [3.63, 3.8) is 0 Å². The number of rotatable bonds is 33. The van der Waals surface area contributed by atoms with E-state index in [1.54, 1.807) is 12.1 Å². The molecule has 0 bridgehead atoms. The fourth-order valence-electron chi connectivity index (χ4n) is 7.23. The van der Waals surface area contributed by atoms with Gasteiger partial charge in [-0.3, -0.25) is 14.4 Å². The Bertz CT molecular complexity index is 1500. The van der Waals surface area contributed by atoms with E-state index in [9.17, 15) is 14.4 Å². The van der Waals surface area contributed by atoms with Gasteiger partial charge in [-0.05, 0) is 85.7 Å². The number of hydrogen-bond donors (Lipinski definition) is 0. The molecule has 0 aliphatic carbocycles. The van der Waals surface area contributed by atoms with Gasteiger partial charge < -0.3 is 14.2 Å². The van der Waals surface area contributed by atoms with E-state index >= 15 is 0 Å². The highest BCUT2D eigenvalue weighted by atomic mass is 16.5. The first kappa shape index (κ1) is 46.5. The molecular weight excluding hydrogens is 697 g/mol. The summed E-state index contributed by atoms with van der Waals surface area (Å²) in [7, 11) is 0. The van der Waals surface area contributed by atoms with Crippen molar-refractivity contribution in [2.24, 2.45) is 0 Å². The van der Waals surface area contributed by atoms with Crippen molar-refractivity contribution in [3.8, 4) is 17.2 Å². The monoisotopic (exact) mass is 768 g/mol. The summed E-state index contributed by atoms with van der Waals surface area (Å²) >= 11 is 0. The molecular formula is C50H71O6. The smallest absolute Gasteiger partial charge is 0.218 e. The van der Waals surface area contributed by atoms with Crippen LogP contribution in [-0.2, 0) is 26.2 Å². The molecule has 3 aromatic rings. The van der Waals surface area contributed by atoms with E-state index in [4.69, 9.17) is 14.2 Å². The van der Waals surface area contributed by atoms with E-state index in [1.165, 1.54) is 77.6 Å². The molecule has 307 valence electrons. The third-order valence-electron chi connectivity index (χ3n) is 10.9. The molecule has 0 amide bonds. The van der Waals surface area contributed by atoms with E-state index in [0.717, 1.165) is 67.6 Å². The second kappa shape index (κ2) is 27.6. The highest BCUT2D eigenvalue weighted by Crippen LogP contribution is 2.35. The van der Waals surface area contributed by atoms with Gasteiger partial charge in [0.05, 0.1) is 19.8 Å². The summed E-state index contributed by atoms with van der Waals surface area (Å²) in [5, 5.41) is 0. The molecule has 0 saturated carbocycles. The van der Waals surface area contributed by atoms with Crippen LogP contribution in [0.1, 0.15) is 172 Å². The van der Waals surface area contributed by atoms with Crippen LogP contribution in [0.15, 0.2) is 72.8 Å². The summed E-state index contributed by atoms with van der Waals surface area (Å²) < 4.78 is 17.9. The van der Waals surface area contributed by atoms with Gasteiger partial charge in [-0.2, -0.15) is 0 Å². The average Bonchev–Trinajstić information content (AvgIpc) is 3.22. The number of Topliss-reactive ketones (excluding diaryl/α,β-unsaturated/α-hetero) is 2. The number of unbranched alkanes of at least 4 members (excludes halogenated alkanes) is 15. The van der Waals surface area contributed by atoms with Gasteiger partial charge in [-0.25, -0.2) is 0 Å². The van der Waals surface area contributed by atoms with Gasteiger partial charge in [0.15, 0.2) is 5.78 Å². The first-order chi connectivity index (χ1) is 27.4. The Morgan fingerprint density at radius 1 is 0.536 bits per heavy atom. The maximum Gasteiger partial charge on any atom is 0.218 e. The quantitative estimate of drug-likeness (QED) is 0.0453. The Balaban J connectivity index is 1.73. The number of benzene rings is 3. The van der Waals surface area contributed by atoms with Crippen LogP contribution in [-0.4, -0.2) is 37.7 Å². The minimum atomic E-state index is -1.62. The van der Waals surface area contributed by atoms with E-state index in [2.05, 4.69) is 27.1 Å². The largest absolute Gasteiger partial charge is 0.494 e. The van der Waals surface area contributed by atoms with E-state index in [1.807, 2.05) is 60.7 Å². The molecule has 6 nitrogen and oxygen atoms in total. The van der Waals surface area contributed by atoms with Crippen molar-refractivity contribution in [2.45, 2.75) is 167 Å². The highest BCUT2D eigenvalue weighted by Gasteiger charge is 2.42. The fraction of sp³-hybridized carbons (Fsp3) is 0.580. The van der Waals surface area contributed by atoms with Gasteiger partial charge >= 0.3 is 0 Å². The Labute approximate surface area is 339 Å². The lowest BCUT2D eigenvalue weighted by atomic mass is 9.70. The molecule has 1 radical (unpaired) electrons. The van der Waals surface area contributed by atoms with E-state index in [0.29, 0.717) is 31.1 Å². The molecule has 0 heterocycles. The molecule has 0 aromatic heterocycles. The van der Waals surface area contributed by atoms with Crippen LogP contribution in [0.4, 0.5) is 0 Å². The normalized spacial score (nSPS) is 12.8. The Kier molecular flexibility index (Phi) is 22.9. The van der Waals surface area contributed by atoms with Crippen molar-refractivity contribution in [1.82, 2.24) is 0 Å².